The van der Waals surface area contributed by atoms with E-state index in [0.29, 0.717) is 36.4 Å². The SMILES string of the molecule is CC(C)C(CCN)CCC(=O)N1CSC[C@H]1C(=O)O. The van der Waals surface area contributed by atoms with E-state index in [4.69, 9.17) is 10.8 Å². The summed E-state index contributed by atoms with van der Waals surface area (Å²) in [5.41, 5.74) is 5.58. The fourth-order valence-electron chi connectivity index (χ4n) is 2.37. The van der Waals surface area contributed by atoms with Crippen molar-refractivity contribution >= 4 is 23.6 Å². The first-order valence-electron chi connectivity index (χ1n) is 6.77. The molecule has 3 N–H and O–H groups in total. The van der Waals surface area contributed by atoms with Crippen LogP contribution in [0.4, 0.5) is 0 Å². The van der Waals surface area contributed by atoms with Gasteiger partial charge in [-0.2, -0.15) is 0 Å². The van der Waals surface area contributed by atoms with Gasteiger partial charge in [-0.1, -0.05) is 13.8 Å². The van der Waals surface area contributed by atoms with Crippen LogP contribution in [0.5, 0.6) is 0 Å². The topological polar surface area (TPSA) is 83.6 Å². The fraction of sp³-hybridized carbons (Fsp3) is 0.846. The lowest BCUT2D eigenvalue weighted by atomic mass is 9.88. The number of nitrogens with two attached hydrogens (primary N) is 1. The van der Waals surface area contributed by atoms with Crippen LogP contribution in [0, 0.1) is 11.8 Å². The highest BCUT2D eigenvalue weighted by Gasteiger charge is 2.34. The molecular weight excluding hydrogens is 264 g/mol. The van der Waals surface area contributed by atoms with Crippen LogP contribution in [0.3, 0.4) is 0 Å². The maximum atomic E-state index is 12.1. The Hall–Kier alpha value is -0.750. The highest BCUT2D eigenvalue weighted by Crippen LogP contribution is 2.25. The van der Waals surface area contributed by atoms with Crippen molar-refractivity contribution in [2.75, 3.05) is 18.2 Å². The van der Waals surface area contributed by atoms with Gasteiger partial charge in [0, 0.05) is 12.2 Å². The standard InChI is InChI=1S/C13H24N2O3S/c1-9(2)10(5-6-14)3-4-12(16)15-8-19-7-11(15)13(17)18/h9-11H,3-8,14H2,1-2H3,(H,17,18)/t10?,11-/m0/s1. The minimum atomic E-state index is -0.902. The van der Waals surface area contributed by atoms with E-state index in [1.165, 1.54) is 16.7 Å². The molecule has 0 radical (unpaired) electrons. The van der Waals surface area contributed by atoms with Crippen LogP contribution in [0.1, 0.15) is 33.1 Å². The minimum absolute atomic E-state index is 0.0416. The van der Waals surface area contributed by atoms with Gasteiger partial charge < -0.3 is 15.7 Å². The maximum absolute atomic E-state index is 12.1. The molecule has 110 valence electrons. The Morgan fingerprint density at radius 2 is 2.11 bits per heavy atom. The fourth-order valence-corrected chi connectivity index (χ4v) is 3.54. The molecule has 1 heterocycles. The number of rotatable bonds is 7. The van der Waals surface area contributed by atoms with Gasteiger partial charge in [-0.3, -0.25) is 4.79 Å². The zero-order chi connectivity index (χ0) is 14.4. The van der Waals surface area contributed by atoms with E-state index in [9.17, 15) is 9.59 Å². The monoisotopic (exact) mass is 288 g/mol. The van der Waals surface area contributed by atoms with Gasteiger partial charge in [-0.05, 0) is 31.2 Å². The van der Waals surface area contributed by atoms with Gasteiger partial charge in [0.1, 0.15) is 6.04 Å². The van der Waals surface area contributed by atoms with Gasteiger partial charge in [0.25, 0.3) is 0 Å². The molecule has 2 atom stereocenters. The molecule has 0 aromatic heterocycles. The number of carbonyl (C=O) groups excluding carboxylic acids is 1. The zero-order valence-electron chi connectivity index (χ0n) is 11.7. The second kappa shape index (κ2) is 7.75. The van der Waals surface area contributed by atoms with E-state index in [0.717, 1.165) is 12.8 Å². The van der Waals surface area contributed by atoms with Crippen LogP contribution < -0.4 is 5.73 Å². The molecule has 1 aliphatic heterocycles. The molecule has 1 aliphatic rings. The molecule has 0 aromatic carbocycles. The Bertz CT molecular complexity index is 323. The van der Waals surface area contributed by atoms with Crippen molar-refractivity contribution in [3.63, 3.8) is 0 Å². The van der Waals surface area contributed by atoms with Crippen molar-refractivity contribution in [1.29, 1.82) is 0 Å². The summed E-state index contributed by atoms with van der Waals surface area (Å²) in [6.07, 6.45) is 2.14. The summed E-state index contributed by atoms with van der Waals surface area (Å²) in [4.78, 5) is 24.6. The summed E-state index contributed by atoms with van der Waals surface area (Å²) in [6.45, 7) is 4.90. The number of carbonyl (C=O) groups is 2. The number of amides is 1. The van der Waals surface area contributed by atoms with Gasteiger partial charge in [-0.25, -0.2) is 4.79 Å². The predicted octanol–water partition coefficient (Wildman–Crippen LogP) is 1.37. The van der Waals surface area contributed by atoms with Gasteiger partial charge in [0.2, 0.25) is 5.91 Å². The molecule has 1 rings (SSSR count). The van der Waals surface area contributed by atoms with E-state index in [1.54, 1.807) is 0 Å². The smallest absolute Gasteiger partial charge is 0.327 e. The van der Waals surface area contributed by atoms with Gasteiger partial charge >= 0.3 is 5.97 Å². The van der Waals surface area contributed by atoms with E-state index in [2.05, 4.69) is 13.8 Å². The maximum Gasteiger partial charge on any atom is 0.327 e. The van der Waals surface area contributed by atoms with Crippen molar-refractivity contribution in [3.05, 3.63) is 0 Å². The summed E-state index contributed by atoms with van der Waals surface area (Å²) < 4.78 is 0. The van der Waals surface area contributed by atoms with E-state index < -0.39 is 12.0 Å². The summed E-state index contributed by atoms with van der Waals surface area (Å²) in [7, 11) is 0. The molecule has 6 heteroatoms. The zero-order valence-corrected chi connectivity index (χ0v) is 12.5. The summed E-state index contributed by atoms with van der Waals surface area (Å²) in [5, 5.41) is 9.06. The van der Waals surface area contributed by atoms with Crippen LogP contribution in [-0.4, -0.2) is 46.1 Å². The average Bonchev–Trinajstić information content (AvgIpc) is 2.82. The summed E-state index contributed by atoms with van der Waals surface area (Å²) >= 11 is 1.50. The Kier molecular flexibility index (Phi) is 6.65. The molecule has 0 aromatic rings. The van der Waals surface area contributed by atoms with Gasteiger partial charge in [-0.15, -0.1) is 11.8 Å². The number of aliphatic carboxylic acids is 1. The van der Waals surface area contributed by atoms with Crippen LogP contribution in [0.15, 0.2) is 0 Å². The van der Waals surface area contributed by atoms with E-state index in [-0.39, 0.29) is 5.91 Å². The third-order valence-corrected chi connectivity index (χ3v) is 4.71. The molecule has 0 bridgehead atoms. The van der Waals surface area contributed by atoms with Crippen LogP contribution >= 0.6 is 11.8 Å². The number of carboxylic acid groups (broad SMARTS) is 1. The van der Waals surface area contributed by atoms with Crippen molar-refractivity contribution in [1.82, 2.24) is 4.90 Å². The first-order chi connectivity index (χ1) is 8.97. The second-order valence-electron chi connectivity index (χ2n) is 5.34. The average molecular weight is 288 g/mol. The third-order valence-electron chi connectivity index (χ3n) is 3.70. The number of thioether (sulfide) groups is 1. The quantitative estimate of drug-likeness (QED) is 0.739. The minimum Gasteiger partial charge on any atom is -0.480 e. The van der Waals surface area contributed by atoms with Crippen LogP contribution in [-0.2, 0) is 9.59 Å². The molecule has 1 unspecified atom stereocenters. The Labute approximate surface area is 118 Å². The molecule has 1 saturated heterocycles. The van der Waals surface area contributed by atoms with Crippen molar-refractivity contribution < 1.29 is 14.7 Å². The molecule has 19 heavy (non-hydrogen) atoms. The number of hydrogen-bond acceptors (Lipinski definition) is 4. The molecule has 0 saturated carbocycles. The number of carboxylic acids is 1. The molecular formula is C13H24N2O3S. The molecule has 0 spiro atoms. The van der Waals surface area contributed by atoms with Crippen LogP contribution in [0.25, 0.3) is 0 Å². The number of nitrogens with zero attached hydrogens (tertiary/aromatic N) is 1. The van der Waals surface area contributed by atoms with E-state index >= 15 is 0 Å². The Morgan fingerprint density at radius 1 is 1.42 bits per heavy atom. The molecule has 0 aliphatic carbocycles. The normalized spacial score (nSPS) is 20.8. The van der Waals surface area contributed by atoms with Crippen LogP contribution in [0.2, 0.25) is 0 Å². The van der Waals surface area contributed by atoms with Gasteiger partial charge in [0.05, 0.1) is 5.88 Å². The van der Waals surface area contributed by atoms with Crippen molar-refractivity contribution in [3.8, 4) is 0 Å². The number of hydrogen-bond donors (Lipinski definition) is 2. The largest absolute Gasteiger partial charge is 0.480 e. The lowest BCUT2D eigenvalue weighted by molar-refractivity contribution is -0.147. The van der Waals surface area contributed by atoms with Crippen molar-refractivity contribution in [2.45, 2.75) is 39.2 Å². The first-order valence-corrected chi connectivity index (χ1v) is 7.93. The third kappa shape index (κ3) is 4.69. The lowest BCUT2D eigenvalue weighted by Gasteiger charge is -2.23. The highest BCUT2D eigenvalue weighted by atomic mass is 32.2. The first kappa shape index (κ1) is 16.3. The Balaban J connectivity index is 2.48. The molecule has 5 nitrogen and oxygen atoms in total. The predicted molar refractivity (Wildman–Crippen MR) is 76.8 cm³/mol. The summed E-state index contributed by atoms with van der Waals surface area (Å²) in [5.74, 6) is 0.990. The second-order valence-corrected chi connectivity index (χ2v) is 6.34. The highest BCUT2D eigenvalue weighted by molar-refractivity contribution is 7.99. The lowest BCUT2D eigenvalue weighted by Crippen LogP contribution is -2.41. The van der Waals surface area contributed by atoms with Gasteiger partial charge in [0.15, 0.2) is 0 Å². The van der Waals surface area contributed by atoms with E-state index in [1.807, 2.05) is 0 Å². The van der Waals surface area contributed by atoms with Crippen molar-refractivity contribution in [2.24, 2.45) is 17.6 Å². The molecule has 1 amide bonds. The summed E-state index contributed by atoms with van der Waals surface area (Å²) in [6, 6.07) is -0.649. The Morgan fingerprint density at radius 3 is 2.63 bits per heavy atom. The molecule has 1 fully saturated rings.